The predicted octanol–water partition coefficient (Wildman–Crippen LogP) is 3.43. The summed E-state index contributed by atoms with van der Waals surface area (Å²) in [5.41, 5.74) is 0.140. The Labute approximate surface area is 103 Å². The molecule has 1 aromatic carbocycles. The van der Waals surface area contributed by atoms with Gasteiger partial charge in [-0.05, 0) is 30.5 Å². The standard InChI is InChI=1S/C13H15F3O2/c14-13(15,16)18-11-5-3-10(4-6-11)9-12(17)7-1-2-8-12/h3-6,17H,1-2,7-9H2. The Bertz CT molecular complexity index is 392. The number of rotatable bonds is 3. The molecule has 0 aliphatic heterocycles. The third-order valence-electron chi connectivity index (χ3n) is 3.22. The summed E-state index contributed by atoms with van der Waals surface area (Å²) < 4.78 is 39.7. The molecule has 0 radical (unpaired) electrons. The van der Waals surface area contributed by atoms with E-state index in [0.29, 0.717) is 6.42 Å². The Hall–Kier alpha value is -1.23. The van der Waals surface area contributed by atoms with E-state index in [4.69, 9.17) is 0 Å². The van der Waals surface area contributed by atoms with Gasteiger partial charge in [-0.1, -0.05) is 25.0 Å². The minimum Gasteiger partial charge on any atom is -0.406 e. The van der Waals surface area contributed by atoms with Crippen LogP contribution in [0.25, 0.3) is 0 Å². The lowest BCUT2D eigenvalue weighted by Crippen LogP contribution is -2.26. The second-order valence-corrected chi connectivity index (χ2v) is 4.80. The van der Waals surface area contributed by atoms with Crippen LogP contribution >= 0.6 is 0 Å². The van der Waals surface area contributed by atoms with E-state index < -0.39 is 12.0 Å². The molecule has 100 valence electrons. The normalized spacial score (nSPS) is 18.9. The third-order valence-corrected chi connectivity index (χ3v) is 3.22. The zero-order chi connectivity index (χ0) is 13.2. The molecule has 2 nitrogen and oxygen atoms in total. The minimum absolute atomic E-state index is 0.232. The van der Waals surface area contributed by atoms with Gasteiger partial charge in [0.05, 0.1) is 5.60 Å². The lowest BCUT2D eigenvalue weighted by atomic mass is 9.93. The number of aliphatic hydroxyl groups is 1. The van der Waals surface area contributed by atoms with Gasteiger partial charge < -0.3 is 9.84 Å². The Morgan fingerprint density at radius 3 is 2.17 bits per heavy atom. The molecule has 1 aromatic rings. The van der Waals surface area contributed by atoms with Crippen LogP contribution in [0.4, 0.5) is 13.2 Å². The van der Waals surface area contributed by atoms with Gasteiger partial charge in [0.15, 0.2) is 0 Å². The average Bonchev–Trinajstić information content (AvgIpc) is 2.66. The number of benzene rings is 1. The lowest BCUT2D eigenvalue weighted by Gasteiger charge is -2.22. The van der Waals surface area contributed by atoms with Gasteiger partial charge in [0.2, 0.25) is 0 Å². The Balaban J connectivity index is 1.99. The van der Waals surface area contributed by atoms with E-state index >= 15 is 0 Å². The molecule has 0 amide bonds. The number of hydrogen-bond donors (Lipinski definition) is 1. The topological polar surface area (TPSA) is 29.5 Å². The average molecular weight is 260 g/mol. The first-order valence-electron chi connectivity index (χ1n) is 5.93. The largest absolute Gasteiger partial charge is 0.573 e. The van der Waals surface area contributed by atoms with Crippen molar-refractivity contribution >= 4 is 0 Å². The van der Waals surface area contributed by atoms with Crippen molar-refractivity contribution in [3.8, 4) is 5.75 Å². The summed E-state index contributed by atoms with van der Waals surface area (Å²) in [6, 6.07) is 5.69. The first kappa shape index (κ1) is 13.2. The fourth-order valence-electron chi connectivity index (χ4n) is 2.40. The Morgan fingerprint density at radius 2 is 1.67 bits per heavy atom. The number of alkyl halides is 3. The molecule has 0 bridgehead atoms. The molecular formula is C13H15F3O2. The summed E-state index contributed by atoms with van der Waals surface area (Å²) in [6.07, 6.45) is -0.649. The summed E-state index contributed by atoms with van der Waals surface area (Å²) in [5.74, 6) is -0.232. The molecular weight excluding hydrogens is 245 g/mol. The highest BCUT2D eigenvalue weighted by Crippen LogP contribution is 2.33. The summed E-state index contributed by atoms with van der Waals surface area (Å²) in [7, 11) is 0. The maximum absolute atomic E-state index is 12.0. The molecule has 1 saturated carbocycles. The molecule has 0 unspecified atom stereocenters. The van der Waals surface area contributed by atoms with Crippen molar-refractivity contribution in [3.63, 3.8) is 0 Å². The molecule has 18 heavy (non-hydrogen) atoms. The van der Waals surface area contributed by atoms with Crippen LogP contribution < -0.4 is 4.74 Å². The SMILES string of the molecule is OC1(Cc2ccc(OC(F)(F)F)cc2)CCCC1. The summed E-state index contributed by atoms with van der Waals surface area (Å²) in [6.45, 7) is 0. The first-order chi connectivity index (χ1) is 8.36. The van der Waals surface area contributed by atoms with Crippen LogP contribution in [0.3, 0.4) is 0 Å². The van der Waals surface area contributed by atoms with Crippen molar-refractivity contribution in [3.05, 3.63) is 29.8 Å². The van der Waals surface area contributed by atoms with Gasteiger partial charge in [0.25, 0.3) is 0 Å². The molecule has 1 aliphatic rings. The zero-order valence-electron chi connectivity index (χ0n) is 9.83. The zero-order valence-corrected chi connectivity index (χ0v) is 9.83. The van der Waals surface area contributed by atoms with Crippen molar-refractivity contribution in [2.75, 3.05) is 0 Å². The minimum atomic E-state index is -4.66. The fraction of sp³-hybridized carbons (Fsp3) is 0.538. The van der Waals surface area contributed by atoms with Crippen molar-refractivity contribution in [2.45, 2.75) is 44.1 Å². The molecule has 0 aromatic heterocycles. The molecule has 1 fully saturated rings. The van der Waals surface area contributed by atoms with E-state index in [0.717, 1.165) is 31.2 Å². The maximum atomic E-state index is 12.0. The van der Waals surface area contributed by atoms with Crippen LogP contribution in [0.5, 0.6) is 5.75 Å². The highest BCUT2D eigenvalue weighted by Gasteiger charge is 2.32. The molecule has 1 aliphatic carbocycles. The summed E-state index contributed by atoms with van der Waals surface area (Å²) >= 11 is 0. The highest BCUT2D eigenvalue weighted by atomic mass is 19.4. The second kappa shape index (κ2) is 4.80. The predicted molar refractivity (Wildman–Crippen MR) is 60.2 cm³/mol. The van der Waals surface area contributed by atoms with E-state index in [1.54, 1.807) is 12.1 Å². The smallest absolute Gasteiger partial charge is 0.406 e. The van der Waals surface area contributed by atoms with Gasteiger partial charge in [-0.2, -0.15) is 0 Å². The van der Waals surface area contributed by atoms with Gasteiger partial charge in [-0.25, -0.2) is 0 Å². The monoisotopic (exact) mass is 260 g/mol. The summed E-state index contributed by atoms with van der Waals surface area (Å²) in [5, 5.41) is 10.2. The van der Waals surface area contributed by atoms with Gasteiger partial charge in [-0.3, -0.25) is 0 Å². The van der Waals surface area contributed by atoms with Crippen LogP contribution in [-0.4, -0.2) is 17.1 Å². The van der Waals surface area contributed by atoms with Gasteiger partial charge in [0, 0.05) is 6.42 Å². The van der Waals surface area contributed by atoms with Crippen LogP contribution in [-0.2, 0) is 6.42 Å². The van der Waals surface area contributed by atoms with Crippen molar-refractivity contribution < 1.29 is 23.0 Å². The molecule has 0 saturated heterocycles. The van der Waals surface area contributed by atoms with Crippen LogP contribution in [0.15, 0.2) is 24.3 Å². The number of halogens is 3. The summed E-state index contributed by atoms with van der Waals surface area (Å²) in [4.78, 5) is 0. The van der Waals surface area contributed by atoms with Crippen LogP contribution in [0.1, 0.15) is 31.2 Å². The van der Waals surface area contributed by atoms with Crippen molar-refractivity contribution in [1.82, 2.24) is 0 Å². The fourth-order valence-corrected chi connectivity index (χ4v) is 2.40. The Kier molecular flexibility index (Phi) is 3.52. The van der Waals surface area contributed by atoms with Crippen LogP contribution in [0, 0.1) is 0 Å². The van der Waals surface area contributed by atoms with Crippen molar-refractivity contribution in [1.29, 1.82) is 0 Å². The molecule has 5 heteroatoms. The molecule has 2 rings (SSSR count). The third kappa shape index (κ3) is 3.63. The van der Waals surface area contributed by atoms with E-state index in [9.17, 15) is 18.3 Å². The van der Waals surface area contributed by atoms with Gasteiger partial charge >= 0.3 is 6.36 Å². The molecule has 0 heterocycles. The Morgan fingerprint density at radius 1 is 1.11 bits per heavy atom. The van der Waals surface area contributed by atoms with E-state index in [-0.39, 0.29) is 5.75 Å². The quantitative estimate of drug-likeness (QED) is 0.902. The van der Waals surface area contributed by atoms with Crippen LogP contribution in [0.2, 0.25) is 0 Å². The number of hydrogen-bond acceptors (Lipinski definition) is 2. The first-order valence-corrected chi connectivity index (χ1v) is 5.93. The van der Waals surface area contributed by atoms with E-state index in [2.05, 4.69) is 4.74 Å². The van der Waals surface area contributed by atoms with Crippen molar-refractivity contribution in [2.24, 2.45) is 0 Å². The van der Waals surface area contributed by atoms with E-state index in [1.165, 1.54) is 12.1 Å². The molecule has 0 spiro atoms. The van der Waals surface area contributed by atoms with E-state index in [1.807, 2.05) is 0 Å². The second-order valence-electron chi connectivity index (χ2n) is 4.80. The molecule has 1 N–H and O–H groups in total. The lowest BCUT2D eigenvalue weighted by molar-refractivity contribution is -0.274. The maximum Gasteiger partial charge on any atom is 0.573 e. The van der Waals surface area contributed by atoms with Gasteiger partial charge in [0.1, 0.15) is 5.75 Å². The van der Waals surface area contributed by atoms with Gasteiger partial charge in [-0.15, -0.1) is 13.2 Å². The number of ether oxygens (including phenoxy) is 1. The molecule has 0 atom stereocenters. The highest BCUT2D eigenvalue weighted by molar-refractivity contribution is 5.28.